The summed E-state index contributed by atoms with van der Waals surface area (Å²) in [5.41, 5.74) is 6.96. The van der Waals surface area contributed by atoms with Crippen LogP contribution < -0.4 is 10.5 Å². The van der Waals surface area contributed by atoms with Crippen molar-refractivity contribution in [1.82, 2.24) is 14.9 Å². The number of methoxy groups -OCH3 is 1. The topological polar surface area (TPSA) is 64.3 Å². The molecule has 0 saturated carbocycles. The van der Waals surface area contributed by atoms with Gasteiger partial charge in [-0.1, -0.05) is 6.42 Å². The molecule has 1 saturated heterocycles. The Bertz CT molecular complexity index is 335. The largest absolute Gasteiger partial charge is 0.467 e. The van der Waals surface area contributed by atoms with Crippen LogP contribution in [0.3, 0.4) is 0 Å². The molecule has 2 heterocycles. The van der Waals surface area contributed by atoms with Gasteiger partial charge in [0, 0.05) is 24.5 Å². The highest BCUT2D eigenvalue weighted by Gasteiger charge is 2.21. The zero-order valence-corrected chi connectivity index (χ0v) is 10.3. The first-order valence-corrected chi connectivity index (χ1v) is 6.15. The van der Waals surface area contributed by atoms with E-state index in [-0.39, 0.29) is 6.04 Å². The lowest BCUT2D eigenvalue weighted by molar-refractivity contribution is 0.167. The molecule has 1 aromatic heterocycles. The summed E-state index contributed by atoms with van der Waals surface area (Å²) in [6.45, 7) is 2.84. The fourth-order valence-electron chi connectivity index (χ4n) is 2.33. The van der Waals surface area contributed by atoms with Crippen LogP contribution in [-0.2, 0) is 0 Å². The zero-order valence-electron chi connectivity index (χ0n) is 10.3. The number of aromatic nitrogens is 2. The molecule has 1 aliphatic heterocycles. The van der Waals surface area contributed by atoms with Crippen LogP contribution in [0.1, 0.15) is 30.9 Å². The monoisotopic (exact) mass is 236 g/mol. The Balaban J connectivity index is 2.10. The zero-order chi connectivity index (χ0) is 12.1. The second-order valence-electron chi connectivity index (χ2n) is 4.35. The summed E-state index contributed by atoms with van der Waals surface area (Å²) in [6, 6.07) is 0.643. The molecule has 0 amide bonds. The summed E-state index contributed by atoms with van der Waals surface area (Å²) in [6.07, 6.45) is 7.48. The average Bonchev–Trinajstić information content (AvgIpc) is 2.42. The van der Waals surface area contributed by atoms with Crippen molar-refractivity contribution in [2.75, 3.05) is 26.7 Å². The molecule has 1 atom stereocenters. The van der Waals surface area contributed by atoms with E-state index in [4.69, 9.17) is 10.5 Å². The molecule has 17 heavy (non-hydrogen) atoms. The van der Waals surface area contributed by atoms with Crippen LogP contribution in [0.2, 0.25) is 0 Å². The lowest BCUT2D eigenvalue weighted by Gasteiger charge is -2.33. The first-order valence-electron chi connectivity index (χ1n) is 6.15. The van der Waals surface area contributed by atoms with Gasteiger partial charge in [0.1, 0.15) is 0 Å². The molecule has 0 radical (unpaired) electrons. The maximum Gasteiger partial charge on any atom is 0.316 e. The SMILES string of the molecule is COc1ncc(C(CN)N2CCCCC2)cn1. The van der Waals surface area contributed by atoms with Crippen LogP contribution in [0.5, 0.6) is 6.01 Å². The van der Waals surface area contributed by atoms with Gasteiger partial charge in [-0.3, -0.25) is 4.90 Å². The Hall–Kier alpha value is -1.20. The van der Waals surface area contributed by atoms with E-state index in [0.29, 0.717) is 12.6 Å². The van der Waals surface area contributed by atoms with Crippen LogP contribution in [0, 0.1) is 0 Å². The molecule has 1 aromatic rings. The van der Waals surface area contributed by atoms with Crippen LogP contribution >= 0.6 is 0 Å². The maximum atomic E-state index is 5.88. The second kappa shape index (κ2) is 5.93. The fourth-order valence-corrected chi connectivity index (χ4v) is 2.33. The molecule has 0 aliphatic carbocycles. The molecule has 1 aliphatic rings. The van der Waals surface area contributed by atoms with Crippen molar-refractivity contribution in [1.29, 1.82) is 0 Å². The average molecular weight is 236 g/mol. The van der Waals surface area contributed by atoms with Gasteiger partial charge in [-0.2, -0.15) is 0 Å². The van der Waals surface area contributed by atoms with Gasteiger partial charge in [0.05, 0.1) is 13.2 Å². The van der Waals surface area contributed by atoms with Gasteiger partial charge < -0.3 is 10.5 Å². The standard InChI is InChI=1S/C12H20N4O/c1-17-12-14-8-10(9-15-12)11(7-13)16-5-3-2-4-6-16/h8-9,11H,2-7,13H2,1H3. The van der Waals surface area contributed by atoms with Crippen LogP contribution in [0.4, 0.5) is 0 Å². The fraction of sp³-hybridized carbons (Fsp3) is 0.667. The van der Waals surface area contributed by atoms with Crippen LogP contribution in [-0.4, -0.2) is 41.6 Å². The highest BCUT2D eigenvalue weighted by atomic mass is 16.5. The van der Waals surface area contributed by atoms with Crippen molar-refractivity contribution in [2.24, 2.45) is 5.73 Å². The van der Waals surface area contributed by atoms with E-state index in [9.17, 15) is 0 Å². The Morgan fingerprint density at radius 3 is 2.47 bits per heavy atom. The minimum atomic E-state index is 0.237. The molecule has 1 unspecified atom stereocenters. The third-order valence-electron chi connectivity index (χ3n) is 3.27. The Morgan fingerprint density at radius 2 is 1.94 bits per heavy atom. The van der Waals surface area contributed by atoms with E-state index in [1.54, 1.807) is 7.11 Å². The Morgan fingerprint density at radius 1 is 1.29 bits per heavy atom. The molecule has 5 heteroatoms. The van der Waals surface area contributed by atoms with Crippen LogP contribution in [0.25, 0.3) is 0 Å². The summed E-state index contributed by atoms with van der Waals surface area (Å²) in [4.78, 5) is 10.7. The minimum Gasteiger partial charge on any atom is -0.467 e. The maximum absolute atomic E-state index is 5.88. The summed E-state index contributed by atoms with van der Waals surface area (Å²) in [5, 5.41) is 0. The van der Waals surface area contributed by atoms with E-state index >= 15 is 0 Å². The molecular weight excluding hydrogens is 216 g/mol. The Kier molecular flexibility index (Phi) is 4.28. The summed E-state index contributed by atoms with van der Waals surface area (Å²) in [5.74, 6) is 0. The van der Waals surface area contributed by atoms with Gasteiger partial charge in [0.25, 0.3) is 0 Å². The van der Waals surface area contributed by atoms with Crippen LogP contribution in [0.15, 0.2) is 12.4 Å². The van der Waals surface area contributed by atoms with Gasteiger partial charge >= 0.3 is 6.01 Å². The molecule has 2 N–H and O–H groups in total. The summed E-state index contributed by atoms with van der Waals surface area (Å²) >= 11 is 0. The number of rotatable bonds is 4. The van der Waals surface area contributed by atoms with Crippen molar-refractivity contribution >= 4 is 0 Å². The molecule has 5 nitrogen and oxygen atoms in total. The van der Waals surface area contributed by atoms with Gasteiger partial charge in [-0.05, 0) is 25.9 Å². The number of nitrogens with two attached hydrogens (primary N) is 1. The number of ether oxygens (including phenoxy) is 1. The third kappa shape index (κ3) is 2.92. The van der Waals surface area contributed by atoms with Crippen molar-refractivity contribution in [3.8, 4) is 6.01 Å². The number of nitrogens with zero attached hydrogens (tertiary/aromatic N) is 3. The smallest absolute Gasteiger partial charge is 0.316 e. The normalized spacial score (nSPS) is 18.9. The molecular formula is C12H20N4O. The van der Waals surface area contributed by atoms with Crippen molar-refractivity contribution in [3.05, 3.63) is 18.0 Å². The van der Waals surface area contributed by atoms with E-state index in [1.807, 2.05) is 12.4 Å². The predicted molar refractivity (Wildman–Crippen MR) is 65.8 cm³/mol. The predicted octanol–water partition coefficient (Wildman–Crippen LogP) is 0.971. The van der Waals surface area contributed by atoms with Crippen molar-refractivity contribution in [2.45, 2.75) is 25.3 Å². The molecule has 0 aromatic carbocycles. The van der Waals surface area contributed by atoms with E-state index < -0.39 is 0 Å². The molecule has 0 spiro atoms. The number of likely N-dealkylation sites (tertiary alicyclic amines) is 1. The number of hydrogen-bond donors (Lipinski definition) is 1. The lowest BCUT2D eigenvalue weighted by atomic mass is 10.0. The highest BCUT2D eigenvalue weighted by molar-refractivity contribution is 5.13. The van der Waals surface area contributed by atoms with Crippen molar-refractivity contribution < 1.29 is 4.74 Å². The van der Waals surface area contributed by atoms with Gasteiger partial charge in [-0.15, -0.1) is 0 Å². The summed E-state index contributed by atoms with van der Waals surface area (Å²) in [7, 11) is 1.57. The first-order chi connectivity index (χ1) is 8.35. The van der Waals surface area contributed by atoms with Gasteiger partial charge in [0.2, 0.25) is 0 Å². The van der Waals surface area contributed by atoms with E-state index in [1.165, 1.54) is 19.3 Å². The quantitative estimate of drug-likeness (QED) is 0.844. The first kappa shape index (κ1) is 12.3. The molecule has 1 fully saturated rings. The lowest BCUT2D eigenvalue weighted by Crippen LogP contribution is -2.37. The van der Waals surface area contributed by atoms with E-state index in [0.717, 1.165) is 18.7 Å². The highest BCUT2D eigenvalue weighted by Crippen LogP contribution is 2.23. The van der Waals surface area contributed by atoms with Gasteiger partial charge in [-0.25, -0.2) is 9.97 Å². The van der Waals surface area contributed by atoms with Gasteiger partial charge in [0.15, 0.2) is 0 Å². The van der Waals surface area contributed by atoms with E-state index in [2.05, 4.69) is 14.9 Å². The number of piperidine rings is 1. The minimum absolute atomic E-state index is 0.237. The molecule has 2 rings (SSSR count). The third-order valence-corrected chi connectivity index (χ3v) is 3.27. The molecule has 0 bridgehead atoms. The summed E-state index contributed by atoms with van der Waals surface area (Å²) < 4.78 is 4.96. The second-order valence-corrected chi connectivity index (χ2v) is 4.35. The number of hydrogen-bond acceptors (Lipinski definition) is 5. The Labute approximate surface area is 102 Å². The van der Waals surface area contributed by atoms with Crippen molar-refractivity contribution in [3.63, 3.8) is 0 Å². The molecule has 94 valence electrons.